The van der Waals surface area contributed by atoms with E-state index < -0.39 is 0 Å². The van der Waals surface area contributed by atoms with Crippen LogP contribution in [-0.4, -0.2) is 11.1 Å². The Kier molecular flexibility index (Phi) is 4.52. The van der Waals surface area contributed by atoms with Crippen molar-refractivity contribution in [1.29, 1.82) is 0 Å². The minimum atomic E-state index is -0.110. The summed E-state index contributed by atoms with van der Waals surface area (Å²) < 4.78 is 5.70. The molecule has 0 aliphatic carbocycles. The Morgan fingerprint density at radius 3 is 2.74 bits per heavy atom. The van der Waals surface area contributed by atoms with Gasteiger partial charge in [-0.25, -0.2) is 10.4 Å². The van der Waals surface area contributed by atoms with Gasteiger partial charge in [-0.05, 0) is 38.5 Å². The van der Waals surface area contributed by atoms with E-state index in [0.29, 0.717) is 0 Å². The molecule has 0 saturated heterocycles. The molecule has 2 rings (SSSR count). The fourth-order valence-corrected chi connectivity index (χ4v) is 2.54. The maximum Gasteiger partial charge on any atom is 0.120 e. The van der Waals surface area contributed by atoms with Crippen LogP contribution in [-0.2, 0) is 0 Å². The Labute approximate surface area is 117 Å². The maximum absolute atomic E-state index is 5.70. The lowest BCUT2D eigenvalue weighted by Gasteiger charge is -2.16. The van der Waals surface area contributed by atoms with Crippen LogP contribution in [0.3, 0.4) is 0 Å². The van der Waals surface area contributed by atoms with Gasteiger partial charge in [0, 0.05) is 5.38 Å². The van der Waals surface area contributed by atoms with Gasteiger partial charge in [-0.3, -0.25) is 5.84 Å². The molecule has 0 fully saturated rings. The van der Waals surface area contributed by atoms with Crippen LogP contribution in [0.5, 0.6) is 5.75 Å². The molecular formula is C14H19N3OS. The summed E-state index contributed by atoms with van der Waals surface area (Å²) in [6.07, 6.45) is 0.154. The van der Waals surface area contributed by atoms with Crippen LogP contribution in [0.1, 0.15) is 36.2 Å². The van der Waals surface area contributed by atoms with Crippen LogP contribution in [0, 0.1) is 6.92 Å². The van der Waals surface area contributed by atoms with Gasteiger partial charge < -0.3 is 4.74 Å². The van der Waals surface area contributed by atoms with Crippen LogP contribution in [0.15, 0.2) is 29.6 Å². The molecule has 1 aromatic heterocycles. The van der Waals surface area contributed by atoms with E-state index in [4.69, 9.17) is 10.6 Å². The zero-order valence-electron chi connectivity index (χ0n) is 11.4. The number of hydrogen-bond donors (Lipinski definition) is 2. The Morgan fingerprint density at radius 1 is 1.37 bits per heavy atom. The van der Waals surface area contributed by atoms with Gasteiger partial charge in [-0.15, -0.1) is 11.3 Å². The predicted octanol–water partition coefficient (Wildman–Crippen LogP) is 2.79. The van der Waals surface area contributed by atoms with Gasteiger partial charge in [0.2, 0.25) is 0 Å². The highest BCUT2D eigenvalue weighted by Crippen LogP contribution is 2.26. The van der Waals surface area contributed by atoms with E-state index in [0.717, 1.165) is 22.0 Å². The average molecular weight is 277 g/mol. The summed E-state index contributed by atoms with van der Waals surface area (Å²) >= 11 is 1.62. The fourth-order valence-electron chi connectivity index (χ4n) is 1.90. The molecule has 1 aromatic carbocycles. The second-order valence-electron chi connectivity index (χ2n) is 4.63. The molecule has 4 nitrogen and oxygen atoms in total. The molecule has 0 spiro atoms. The van der Waals surface area contributed by atoms with Crippen LogP contribution < -0.4 is 16.0 Å². The van der Waals surface area contributed by atoms with Gasteiger partial charge >= 0.3 is 0 Å². The van der Waals surface area contributed by atoms with Crippen molar-refractivity contribution in [3.63, 3.8) is 0 Å². The largest absolute Gasteiger partial charge is 0.491 e. The van der Waals surface area contributed by atoms with E-state index in [1.807, 2.05) is 50.4 Å². The van der Waals surface area contributed by atoms with E-state index in [-0.39, 0.29) is 12.1 Å². The Balaban J connectivity index is 2.28. The van der Waals surface area contributed by atoms with Gasteiger partial charge in [-0.2, -0.15) is 0 Å². The van der Waals surface area contributed by atoms with Crippen LogP contribution in [0.4, 0.5) is 0 Å². The molecule has 2 aromatic rings. The highest BCUT2D eigenvalue weighted by Gasteiger charge is 2.16. The first-order valence-corrected chi connectivity index (χ1v) is 7.13. The van der Waals surface area contributed by atoms with E-state index >= 15 is 0 Å². The van der Waals surface area contributed by atoms with Crippen molar-refractivity contribution in [2.24, 2.45) is 5.84 Å². The number of rotatable bonds is 5. The molecule has 5 heteroatoms. The summed E-state index contributed by atoms with van der Waals surface area (Å²) in [5.74, 6) is 6.52. The van der Waals surface area contributed by atoms with E-state index in [9.17, 15) is 0 Å². The molecule has 1 heterocycles. The quantitative estimate of drug-likeness (QED) is 0.651. The van der Waals surface area contributed by atoms with Crippen molar-refractivity contribution in [1.82, 2.24) is 10.4 Å². The lowest BCUT2D eigenvalue weighted by Crippen LogP contribution is -2.29. The highest BCUT2D eigenvalue weighted by atomic mass is 32.1. The molecule has 0 amide bonds. The predicted molar refractivity (Wildman–Crippen MR) is 78.2 cm³/mol. The molecule has 0 bridgehead atoms. The first-order chi connectivity index (χ1) is 9.10. The van der Waals surface area contributed by atoms with Crippen molar-refractivity contribution >= 4 is 11.3 Å². The molecule has 0 saturated carbocycles. The maximum atomic E-state index is 5.70. The molecule has 19 heavy (non-hydrogen) atoms. The second kappa shape index (κ2) is 6.14. The third-order valence-electron chi connectivity index (χ3n) is 2.66. The van der Waals surface area contributed by atoms with Crippen molar-refractivity contribution in [3.05, 3.63) is 45.9 Å². The number of aromatic nitrogens is 1. The Hall–Kier alpha value is -1.43. The fraction of sp³-hybridized carbons (Fsp3) is 0.357. The summed E-state index contributed by atoms with van der Waals surface area (Å²) in [4.78, 5) is 4.48. The summed E-state index contributed by atoms with van der Waals surface area (Å²) in [6.45, 7) is 6.00. The summed E-state index contributed by atoms with van der Waals surface area (Å²) in [5.41, 5.74) is 4.80. The van der Waals surface area contributed by atoms with Gasteiger partial charge in [0.1, 0.15) is 5.75 Å². The summed E-state index contributed by atoms with van der Waals surface area (Å²) in [6, 6.07) is 7.83. The number of nitrogens with one attached hydrogen (secondary N) is 1. The first kappa shape index (κ1) is 14.0. The third-order valence-corrected chi connectivity index (χ3v) is 3.45. The second-order valence-corrected chi connectivity index (χ2v) is 5.69. The topological polar surface area (TPSA) is 60.2 Å². The van der Waals surface area contributed by atoms with Crippen molar-refractivity contribution < 1.29 is 4.74 Å². The van der Waals surface area contributed by atoms with E-state index in [1.54, 1.807) is 11.3 Å². The Bertz CT molecular complexity index is 539. The zero-order chi connectivity index (χ0) is 13.8. The molecule has 0 radical (unpaired) electrons. The zero-order valence-corrected chi connectivity index (χ0v) is 12.2. The molecule has 1 atom stereocenters. The monoisotopic (exact) mass is 277 g/mol. The minimum Gasteiger partial charge on any atom is -0.491 e. The van der Waals surface area contributed by atoms with Crippen LogP contribution >= 0.6 is 11.3 Å². The van der Waals surface area contributed by atoms with Crippen LogP contribution in [0.2, 0.25) is 0 Å². The molecule has 0 aliphatic heterocycles. The minimum absolute atomic E-state index is 0.110. The first-order valence-electron chi connectivity index (χ1n) is 6.25. The standard InChI is InChI=1S/C14H19N3OS/c1-9(2)18-12-6-4-5-11(7-12)14(17-15)13-8-19-10(3)16-13/h4-9,14,17H,15H2,1-3H3. The number of benzene rings is 1. The number of nitrogens with two attached hydrogens (primary N) is 1. The van der Waals surface area contributed by atoms with E-state index in [1.165, 1.54) is 0 Å². The van der Waals surface area contributed by atoms with Gasteiger partial charge in [0.15, 0.2) is 0 Å². The average Bonchev–Trinajstić information content (AvgIpc) is 2.76. The van der Waals surface area contributed by atoms with Gasteiger partial charge in [0.05, 0.1) is 22.8 Å². The smallest absolute Gasteiger partial charge is 0.120 e. The van der Waals surface area contributed by atoms with Crippen molar-refractivity contribution in [2.45, 2.75) is 32.9 Å². The lowest BCUT2D eigenvalue weighted by molar-refractivity contribution is 0.242. The molecule has 3 N–H and O–H groups in total. The third kappa shape index (κ3) is 3.53. The number of aryl methyl sites for hydroxylation is 1. The number of nitrogens with zero attached hydrogens (tertiary/aromatic N) is 1. The lowest BCUT2D eigenvalue weighted by atomic mass is 10.0. The SMILES string of the molecule is Cc1nc(C(NN)c2cccc(OC(C)C)c2)cs1. The van der Waals surface area contributed by atoms with E-state index in [2.05, 4.69) is 10.4 Å². The summed E-state index contributed by atoms with van der Waals surface area (Å²) in [7, 11) is 0. The van der Waals surface area contributed by atoms with Crippen molar-refractivity contribution in [2.75, 3.05) is 0 Å². The van der Waals surface area contributed by atoms with Crippen molar-refractivity contribution in [3.8, 4) is 5.75 Å². The summed E-state index contributed by atoms with van der Waals surface area (Å²) in [5, 5.41) is 3.06. The molecule has 0 aliphatic rings. The number of hydrazine groups is 1. The molecular weight excluding hydrogens is 258 g/mol. The van der Waals surface area contributed by atoms with Crippen LogP contribution in [0.25, 0.3) is 0 Å². The van der Waals surface area contributed by atoms with Gasteiger partial charge in [0.25, 0.3) is 0 Å². The molecule has 102 valence electrons. The highest BCUT2D eigenvalue weighted by molar-refractivity contribution is 7.09. The number of ether oxygens (including phenoxy) is 1. The molecule has 1 unspecified atom stereocenters. The Morgan fingerprint density at radius 2 is 2.16 bits per heavy atom. The van der Waals surface area contributed by atoms with Gasteiger partial charge in [-0.1, -0.05) is 12.1 Å². The number of thiazole rings is 1. The normalized spacial score (nSPS) is 12.7. The number of hydrogen-bond acceptors (Lipinski definition) is 5.